The van der Waals surface area contributed by atoms with Crippen LogP contribution in [-0.2, 0) is 14.3 Å². The highest BCUT2D eigenvalue weighted by atomic mass is 16.7. The summed E-state index contributed by atoms with van der Waals surface area (Å²) in [5.41, 5.74) is 0. The molecule has 0 aromatic carbocycles. The molecule has 1 aliphatic heterocycles. The van der Waals surface area contributed by atoms with Gasteiger partial charge < -0.3 is 40.3 Å². The third kappa shape index (κ3) is 42.7. The SMILES string of the molecule is CC/C=C\C/C=C\C/C=C\C/C=C\CCCCCCCCCCCCCCCCCCCCCCCCCCCCC(=O)NC(COC1OC(CO)C(O)C(O)C1O)C(O)/C=C/CCCCCCCCCCC. The van der Waals surface area contributed by atoms with E-state index < -0.39 is 49.5 Å². The third-order valence-electron chi connectivity index (χ3n) is 14.6. The standard InChI is InChI=1S/C64H117NO8/c1-3-5-7-9-11-13-15-16-17-18-19-20-21-22-23-24-25-26-27-28-29-30-31-32-33-34-35-36-37-38-39-40-41-42-44-46-48-50-52-54-60(68)65-57(56-72-64-63(71)62(70)61(69)59(55-66)73-64)58(67)53-51-49-47-45-43-14-12-10-8-6-4-2/h5,7,11,13,16-17,19-20,51,53,57-59,61-64,66-67,69-71H,3-4,6,8-10,12,14-15,18,21-50,52,54-56H2,1-2H3,(H,65,68)/b7-5-,13-11-,17-16-,20-19-,53-51+. The van der Waals surface area contributed by atoms with Crippen LogP contribution < -0.4 is 5.32 Å². The summed E-state index contributed by atoms with van der Waals surface area (Å²) in [6.45, 7) is 3.66. The predicted octanol–water partition coefficient (Wildman–Crippen LogP) is 15.9. The van der Waals surface area contributed by atoms with Crippen molar-refractivity contribution in [3.05, 3.63) is 60.8 Å². The van der Waals surface area contributed by atoms with Gasteiger partial charge in [0.15, 0.2) is 6.29 Å². The first-order valence-electron chi connectivity index (χ1n) is 31.0. The number of nitrogens with one attached hydrogen (secondary N) is 1. The molecule has 0 bridgehead atoms. The molecule has 0 spiro atoms. The number of aliphatic hydroxyl groups is 5. The van der Waals surface area contributed by atoms with Gasteiger partial charge in [0.2, 0.25) is 5.91 Å². The molecule has 1 saturated heterocycles. The molecule has 9 heteroatoms. The molecule has 0 radical (unpaired) electrons. The molecule has 9 nitrogen and oxygen atoms in total. The molecule has 0 aromatic heterocycles. The zero-order valence-corrected chi connectivity index (χ0v) is 47.4. The maximum absolute atomic E-state index is 13.0. The molecule has 0 saturated carbocycles. The van der Waals surface area contributed by atoms with Crippen LogP contribution in [0.15, 0.2) is 60.8 Å². The second-order valence-corrected chi connectivity index (χ2v) is 21.5. The van der Waals surface area contributed by atoms with Crippen LogP contribution in [0.25, 0.3) is 0 Å². The molecule has 0 aliphatic carbocycles. The molecular weight excluding hydrogens is 911 g/mol. The fourth-order valence-corrected chi connectivity index (χ4v) is 9.74. The molecule has 1 rings (SSSR count). The number of unbranched alkanes of at least 4 members (excludes halogenated alkanes) is 35. The van der Waals surface area contributed by atoms with Crippen LogP contribution in [0.2, 0.25) is 0 Å². The van der Waals surface area contributed by atoms with E-state index in [0.717, 1.165) is 64.2 Å². The molecule has 7 atom stereocenters. The van der Waals surface area contributed by atoms with Crippen molar-refractivity contribution in [2.24, 2.45) is 0 Å². The largest absolute Gasteiger partial charge is 0.394 e. The Morgan fingerprint density at radius 1 is 0.479 bits per heavy atom. The Bertz CT molecular complexity index is 1330. The minimum atomic E-state index is -1.56. The van der Waals surface area contributed by atoms with Crippen molar-refractivity contribution in [2.75, 3.05) is 13.2 Å². The first-order valence-corrected chi connectivity index (χ1v) is 31.0. The smallest absolute Gasteiger partial charge is 0.220 e. The van der Waals surface area contributed by atoms with Crippen LogP contribution in [0, 0.1) is 0 Å². The van der Waals surface area contributed by atoms with Crippen molar-refractivity contribution in [1.29, 1.82) is 0 Å². The molecule has 1 amide bonds. The molecular formula is C64H117NO8. The van der Waals surface area contributed by atoms with Gasteiger partial charge in [-0.25, -0.2) is 0 Å². The number of hydrogen-bond acceptors (Lipinski definition) is 8. The number of aliphatic hydroxyl groups excluding tert-OH is 5. The minimum Gasteiger partial charge on any atom is -0.394 e. The van der Waals surface area contributed by atoms with Crippen molar-refractivity contribution in [2.45, 2.75) is 326 Å². The molecule has 1 heterocycles. The number of allylic oxidation sites excluding steroid dienone is 9. The maximum Gasteiger partial charge on any atom is 0.220 e. The van der Waals surface area contributed by atoms with E-state index in [-0.39, 0.29) is 12.5 Å². The first-order chi connectivity index (χ1) is 35.8. The lowest BCUT2D eigenvalue weighted by Crippen LogP contribution is -2.60. The van der Waals surface area contributed by atoms with E-state index in [2.05, 4.69) is 67.8 Å². The average Bonchev–Trinajstić information content (AvgIpc) is 3.39. The number of carbonyl (C=O) groups excluding carboxylic acids is 1. The topological polar surface area (TPSA) is 149 Å². The van der Waals surface area contributed by atoms with Gasteiger partial charge >= 0.3 is 0 Å². The first kappa shape index (κ1) is 68.9. The summed E-state index contributed by atoms with van der Waals surface area (Å²) >= 11 is 0. The summed E-state index contributed by atoms with van der Waals surface area (Å²) in [5, 5.41) is 54.4. The summed E-state index contributed by atoms with van der Waals surface area (Å²) in [5.74, 6) is -0.174. The van der Waals surface area contributed by atoms with Gasteiger partial charge in [0.05, 0.1) is 25.4 Å². The van der Waals surface area contributed by atoms with Gasteiger partial charge in [-0.2, -0.15) is 0 Å². The molecule has 73 heavy (non-hydrogen) atoms. The zero-order chi connectivity index (χ0) is 52.9. The van der Waals surface area contributed by atoms with Crippen LogP contribution in [-0.4, -0.2) is 87.5 Å². The number of hydrogen-bond donors (Lipinski definition) is 6. The average molecular weight is 1030 g/mol. The molecule has 426 valence electrons. The summed E-state index contributed by atoms with van der Waals surface area (Å²) in [6.07, 6.45) is 66.2. The van der Waals surface area contributed by atoms with Crippen LogP contribution in [0.3, 0.4) is 0 Å². The van der Waals surface area contributed by atoms with Crippen LogP contribution in [0.1, 0.15) is 284 Å². The van der Waals surface area contributed by atoms with Gasteiger partial charge in [-0.3, -0.25) is 4.79 Å². The highest BCUT2D eigenvalue weighted by molar-refractivity contribution is 5.76. The van der Waals surface area contributed by atoms with E-state index in [0.29, 0.717) is 6.42 Å². The molecule has 7 unspecified atom stereocenters. The van der Waals surface area contributed by atoms with E-state index in [1.807, 2.05) is 6.08 Å². The van der Waals surface area contributed by atoms with Crippen molar-refractivity contribution < 1.29 is 39.8 Å². The number of amides is 1. The summed E-state index contributed by atoms with van der Waals surface area (Å²) in [7, 11) is 0. The second kappa shape index (κ2) is 53.3. The van der Waals surface area contributed by atoms with Gasteiger partial charge in [0.25, 0.3) is 0 Å². The second-order valence-electron chi connectivity index (χ2n) is 21.5. The van der Waals surface area contributed by atoms with E-state index >= 15 is 0 Å². The van der Waals surface area contributed by atoms with Gasteiger partial charge in [-0.15, -0.1) is 0 Å². The monoisotopic (exact) mass is 1030 g/mol. The lowest BCUT2D eigenvalue weighted by Gasteiger charge is -2.40. The van der Waals surface area contributed by atoms with Crippen molar-refractivity contribution >= 4 is 5.91 Å². The lowest BCUT2D eigenvalue weighted by atomic mass is 9.99. The minimum absolute atomic E-state index is 0.174. The fraction of sp³-hybridized carbons (Fsp3) is 0.828. The highest BCUT2D eigenvalue weighted by Crippen LogP contribution is 2.23. The number of ether oxygens (including phenoxy) is 2. The molecule has 0 aromatic rings. The van der Waals surface area contributed by atoms with E-state index in [9.17, 15) is 30.3 Å². The van der Waals surface area contributed by atoms with Crippen molar-refractivity contribution in [1.82, 2.24) is 5.32 Å². The summed E-state index contributed by atoms with van der Waals surface area (Å²) in [4.78, 5) is 13.0. The Labute approximate surface area is 449 Å². The highest BCUT2D eigenvalue weighted by Gasteiger charge is 2.44. The van der Waals surface area contributed by atoms with Crippen LogP contribution >= 0.6 is 0 Å². The fourth-order valence-electron chi connectivity index (χ4n) is 9.74. The number of rotatable bonds is 53. The Morgan fingerprint density at radius 2 is 0.849 bits per heavy atom. The van der Waals surface area contributed by atoms with E-state index in [1.54, 1.807) is 6.08 Å². The predicted molar refractivity (Wildman–Crippen MR) is 309 cm³/mol. The Morgan fingerprint density at radius 3 is 1.26 bits per heavy atom. The van der Waals surface area contributed by atoms with Gasteiger partial charge in [0.1, 0.15) is 24.4 Å². The molecule has 6 N–H and O–H groups in total. The van der Waals surface area contributed by atoms with Gasteiger partial charge in [-0.1, -0.05) is 280 Å². The molecule has 1 fully saturated rings. The van der Waals surface area contributed by atoms with Crippen LogP contribution in [0.4, 0.5) is 0 Å². The summed E-state index contributed by atoms with van der Waals surface area (Å²) in [6, 6.07) is -0.802. The maximum atomic E-state index is 13.0. The Kier molecular flexibility index (Phi) is 50.3. The number of carbonyl (C=O) groups is 1. The van der Waals surface area contributed by atoms with Gasteiger partial charge in [0, 0.05) is 6.42 Å². The summed E-state index contributed by atoms with van der Waals surface area (Å²) < 4.78 is 11.2. The van der Waals surface area contributed by atoms with Crippen molar-refractivity contribution in [3.8, 4) is 0 Å². The normalized spacial score (nSPS) is 19.5. The quantitative estimate of drug-likeness (QED) is 0.0261. The van der Waals surface area contributed by atoms with E-state index in [1.165, 1.54) is 199 Å². The zero-order valence-electron chi connectivity index (χ0n) is 47.4. The third-order valence-corrected chi connectivity index (χ3v) is 14.6. The Hall–Kier alpha value is -2.11. The van der Waals surface area contributed by atoms with Gasteiger partial charge in [-0.05, 0) is 57.8 Å². The van der Waals surface area contributed by atoms with E-state index in [4.69, 9.17) is 9.47 Å². The molecule has 1 aliphatic rings. The van der Waals surface area contributed by atoms with Crippen LogP contribution in [0.5, 0.6) is 0 Å². The Balaban J connectivity index is 2.01. The lowest BCUT2D eigenvalue weighted by molar-refractivity contribution is -0.302. The van der Waals surface area contributed by atoms with Crippen molar-refractivity contribution in [3.63, 3.8) is 0 Å².